The van der Waals surface area contributed by atoms with Crippen molar-refractivity contribution in [2.24, 2.45) is 5.73 Å². The summed E-state index contributed by atoms with van der Waals surface area (Å²) in [4.78, 5) is 4.28. The number of halogens is 2. The maximum atomic E-state index is 8.86. The lowest BCUT2D eigenvalue weighted by molar-refractivity contribution is 0.276. The first-order valence-corrected chi connectivity index (χ1v) is 5.52. The Balaban J connectivity index is 0.00000144. The van der Waals surface area contributed by atoms with E-state index < -0.39 is 0 Å². The summed E-state index contributed by atoms with van der Waals surface area (Å²) in [6, 6.07) is 9.40. The van der Waals surface area contributed by atoms with E-state index in [0.717, 1.165) is 16.5 Å². The average Bonchev–Trinajstić information content (AvgIpc) is 2.28. The predicted molar refractivity (Wildman–Crippen MR) is 72.6 cm³/mol. The number of aliphatic hydroxyl groups is 1. The molecule has 0 saturated heterocycles. The number of benzene rings is 1. The summed E-state index contributed by atoms with van der Waals surface area (Å²) in [5.74, 6) is 0. The summed E-state index contributed by atoms with van der Waals surface area (Å²) < 4.78 is 0. The highest BCUT2D eigenvalue weighted by atomic mass is 35.5. The van der Waals surface area contributed by atoms with E-state index in [1.807, 2.05) is 30.3 Å². The first-order chi connectivity index (χ1) is 7.72. The minimum absolute atomic E-state index is 0. The van der Waals surface area contributed by atoms with E-state index >= 15 is 0 Å². The normalized spacial score (nSPS) is 12.2. The number of para-hydroxylation sites is 1. The molecule has 0 aliphatic rings. The van der Waals surface area contributed by atoms with Gasteiger partial charge in [0.15, 0.2) is 0 Å². The second-order valence-electron chi connectivity index (χ2n) is 3.68. The van der Waals surface area contributed by atoms with Gasteiger partial charge in [-0.05, 0) is 18.6 Å². The van der Waals surface area contributed by atoms with Gasteiger partial charge < -0.3 is 10.8 Å². The number of aromatic nitrogens is 1. The number of aliphatic hydroxyl groups excluding tert-OH is 1. The van der Waals surface area contributed by atoms with E-state index in [1.165, 1.54) is 0 Å². The number of nitrogens with zero attached hydrogens (tertiary/aromatic N) is 1. The van der Waals surface area contributed by atoms with Crippen molar-refractivity contribution >= 4 is 34.9 Å². The zero-order valence-corrected chi connectivity index (χ0v) is 10.7. The van der Waals surface area contributed by atoms with Gasteiger partial charge in [-0.1, -0.05) is 29.8 Å². The van der Waals surface area contributed by atoms with Crippen LogP contribution in [-0.2, 0) is 0 Å². The van der Waals surface area contributed by atoms with E-state index in [1.54, 1.807) is 0 Å². The number of fused-ring (bicyclic) bond motifs is 1. The lowest BCUT2D eigenvalue weighted by Gasteiger charge is -2.12. The Morgan fingerprint density at radius 1 is 1.35 bits per heavy atom. The molecule has 0 saturated carbocycles. The van der Waals surface area contributed by atoms with Gasteiger partial charge in [-0.25, -0.2) is 4.98 Å². The standard InChI is InChI=1S/C12H13ClN2O.ClH/c13-12-9(10(14)5-6-16)7-8-3-1-2-4-11(8)15-12;/h1-4,7,10,16H,5-6,14H2;1H/t10-;/m1./s1. The Hall–Kier alpha value is -0.870. The van der Waals surface area contributed by atoms with E-state index in [2.05, 4.69) is 4.98 Å². The summed E-state index contributed by atoms with van der Waals surface area (Å²) in [6.45, 7) is 0.0460. The highest BCUT2D eigenvalue weighted by Gasteiger charge is 2.11. The molecule has 0 aliphatic heterocycles. The molecule has 3 N–H and O–H groups in total. The summed E-state index contributed by atoms with van der Waals surface area (Å²) in [7, 11) is 0. The molecule has 0 spiro atoms. The molecule has 3 nitrogen and oxygen atoms in total. The van der Waals surface area contributed by atoms with Crippen LogP contribution in [0.3, 0.4) is 0 Å². The molecular weight excluding hydrogens is 259 g/mol. The van der Waals surface area contributed by atoms with Gasteiger partial charge in [-0.15, -0.1) is 12.4 Å². The number of rotatable bonds is 3. The van der Waals surface area contributed by atoms with Gasteiger partial charge in [0, 0.05) is 23.6 Å². The van der Waals surface area contributed by atoms with Crippen molar-refractivity contribution < 1.29 is 5.11 Å². The molecule has 0 amide bonds. The zero-order chi connectivity index (χ0) is 11.5. The third kappa shape index (κ3) is 3.07. The van der Waals surface area contributed by atoms with Crippen LogP contribution in [0, 0.1) is 0 Å². The average molecular weight is 273 g/mol. The van der Waals surface area contributed by atoms with Crippen LogP contribution in [0.25, 0.3) is 10.9 Å². The molecule has 1 heterocycles. The molecule has 0 radical (unpaired) electrons. The molecule has 17 heavy (non-hydrogen) atoms. The molecule has 0 aliphatic carbocycles. The number of hydrogen-bond acceptors (Lipinski definition) is 3. The van der Waals surface area contributed by atoms with Crippen LogP contribution in [0.2, 0.25) is 5.15 Å². The maximum Gasteiger partial charge on any atom is 0.134 e. The minimum Gasteiger partial charge on any atom is -0.396 e. The Kier molecular flexibility index (Phi) is 5.15. The van der Waals surface area contributed by atoms with Gasteiger partial charge in [0.25, 0.3) is 0 Å². The van der Waals surface area contributed by atoms with Crippen LogP contribution in [0.15, 0.2) is 30.3 Å². The van der Waals surface area contributed by atoms with Gasteiger partial charge in [-0.2, -0.15) is 0 Å². The first-order valence-electron chi connectivity index (χ1n) is 5.14. The molecule has 0 fully saturated rings. The Bertz CT molecular complexity index is 505. The smallest absolute Gasteiger partial charge is 0.134 e. The van der Waals surface area contributed by atoms with Gasteiger partial charge >= 0.3 is 0 Å². The van der Waals surface area contributed by atoms with Gasteiger partial charge in [0.05, 0.1) is 5.52 Å². The third-order valence-electron chi connectivity index (χ3n) is 2.54. The summed E-state index contributed by atoms with van der Waals surface area (Å²) >= 11 is 6.06. The largest absolute Gasteiger partial charge is 0.396 e. The third-order valence-corrected chi connectivity index (χ3v) is 2.85. The lowest BCUT2D eigenvalue weighted by atomic mass is 10.0. The molecule has 92 valence electrons. The molecular formula is C12H14Cl2N2O. The quantitative estimate of drug-likeness (QED) is 0.845. The Morgan fingerprint density at radius 3 is 2.76 bits per heavy atom. The molecule has 2 aromatic rings. The second kappa shape index (κ2) is 6.17. The molecule has 1 aromatic carbocycles. The van der Waals surface area contributed by atoms with E-state index in [-0.39, 0.29) is 25.1 Å². The van der Waals surface area contributed by atoms with E-state index in [0.29, 0.717) is 11.6 Å². The maximum absolute atomic E-state index is 8.86. The highest BCUT2D eigenvalue weighted by molar-refractivity contribution is 6.30. The van der Waals surface area contributed by atoms with Crippen LogP contribution in [-0.4, -0.2) is 16.7 Å². The topological polar surface area (TPSA) is 59.1 Å². The molecule has 5 heteroatoms. The minimum atomic E-state index is -0.269. The van der Waals surface area contributed by atoms with Gasteiger partial charge in [0.1, 0.15) is 5.15 Å². The van der Waals surface area contributed by atoms with Crippen molar-refractivity contribution in [1.29, 1.82) is 0 Å². The fraction of sp³-hybridized carbons (Fsp3) is 0.250. The van der Waals surface area contributed by atoms with Crippen molar-refractivity contribution in [1.82, 2.24) is 4.98 Å². The SMILES string of the molecule is Cl.N[C@H](CCO)c1cc2ccccc2nc1Cl. The molecule has 1 atom stereocenters. The number of pyridine rings is 1. The number of hydrogen-bond donors (Lipinski definition) is 2. The van der Waals surface area contributed by atoms with Crippen LogP contribution < -0.4 is 5.73 Å². The summed E-state index contributed by atoms with van der Waals surface area (Å²) in [5.41, 5.74) is 7.55. The van der Waals surface area contributed by atoms with Crippen LogP contribution in [0.4, 0.5) is 0 Å². The van der Waals surface area contributed by atoms with Crippen molar-refractivity contribution in [3.63, 3.8) is 0 Å². The second-order valence-corrected chi connectivity index (χ2v) is 4.04. The van der Waals surface area contributed by atoms with Crippen molar-refractivity contribution in [2.45, 2.75) is 12.5 Å². The highest BCUT2D eigenvalue weighted by Crippen LogP contribution is 2.25. The molecule has 2 rings (SSSR count). The Morgan fingerprint density at radius 2 is 2.06 bits per heavy atom. The fourth-order valence-corrected chi connectivity index (χ4v) is 1.95. The summed E-state index contributed by atoms with van der Waals surface area (Å²) in [6.07, 6.45) is 0.486. The number of nitrogens with two attached hydrogens (primary N) is 1. The van der Waals surface area contributed by atoms with Crippen molar-refractivity contribution in [3.05, 3.63) is 41.0 Å². The molecule has 0 unspecified atom stereocenters. The predicted octanol–water partition coefficient (Wildman–Crippen LogP) is 2.69. The zero-order valence-electron chi connectivity index (χ0n) is 9.14. The Labute approximate surface area is 111 Å². The van der Waals surface area contributed by atoms with Crippen molar-refractivity contribution in [2.75, 3.05) is 6.61 Å². The monoisotopic (exact) mass is 272 g/mol. The molecule has 0 bridgehead atoms. The van der Waals surface area contributed by atoms with Gasteiger partial charge in [0.2, 0.25) is 0 Å². The first kappa shape index (κ1) is 14.2. The van der Waals surface area contributed by atoms with Crippen LogP contribution in [0.5, 0.6) is 0 Å². The lowest BCUT2D eigenvalue weighted by Crippen LogP contribution is -2.13. The fourth-order valence-electron chi connectivity index (χ4n) is 1.66. The van der Waals surface area contributed by atoms with Gasteiger partial charge in [-0.3, -0.25) is 0 Å². The van der Waals surface area contributed by atoms with Crippen molar-refractivity contribution in [3.8, 4) is 0 Å². The van der Waals surface area contributed by atoms with E-state index in [4.69, 9.17) is 22.4 Å². The molecule has 1 aromatic heterocycles. The summed E-state index contributed by atoms with van der Waals surface area (Å²) in [5, 5.41) is 10.3. The van der Waals surface area contributed by atoms with E-state index in [9.17, 15) is 0 Å². The van der Waals surface area contributed by atoms with Crippen LogP contribution in [0.1, 0.15) is 18.0 Å². The van der Waals surface area contributed by atoms with Crippen LogP contribution >= 0.6 is 24.0 Å².